The number of rotatable bonds is 2. The van der Waals surface area contributed by atoms with Crippen molar-refractivity contribution in [3.05, 3.63) is 71.5 Å². The standard InChI is InChI=1S/C24H19N3O2/c1-13-9-10-14-5-4-7-16-18(12-27(13)22(14)16)21-20(23(28)26-24(21)29)17-11-25-19-8-3-2-6-15(17)19/h2-8,11-13,25H,9-10H2,1H3,(H,26,28,29). The third-order valence-corrected chi connectivity index (χ3v) is 6.30. The minimum atomic E-state index is -0.338. The Labute approximate surface area is 167 Å². The van der Waals surface area contributed by atoms with Gasteiger partial charge in [-0.15, -0.1) is 0 Å². The van der Waals surface area contributed by atoms with Gasteiger partial charge in [0.1, 0.15) is 0 Å². The highest BCUT2D eigenvalue weighted by molar-refractivity contribution is 6.50. The Hall–Kier alpha value is -3.60. The molecule has 0 aliphatic carbocycles. The highest BCUT2D eigenvalue weighted by atomic mass is 16.2. The maximum absolute atomic E-state index is 12.9. The quantitative estimate of drug-likeness (QED) is 0.511. The number of carbonyl (C=O) groups is 2. The second kappa shape index (κ2) is 5.70. The number of aromatic amines is 1. The fraction of sp³-hybridized carbons (Fsp3) is 0.167. The Bertz CT molecular complexity index is 1390. The third kappa shape index (κ3) is 2.15. The van der Waals surface area contributed by atoms with Crippen molar-refractivity contribution in [2.75, 3.05) is 0 Å². The Morgan fingerprint density at radius 2 is 1.69 bits per heavy atom. The van der Waals surface area contributed by atoms with Crippen molar-refractivity contribution in [3.63, 3.8) is 0 Å². The lowest BCUT2D eigenvalue weighted by atomic mass is 9.94. The number of aromatic nitrogens is 2. The SMILES string of the molecule is CC1CCc2cccc3c(C4=C(c5c[nH]c6ccccc56)C(=O)NC4=O)cn1c23. The van der Waals surface area contributed by atoms with Crippen molar-refractivity contribution in [2.45, 2.75) is 25.8 Å². The molecule has 2 aliphatic rings. The van der Waals surface area contributed by atoms with E-state index >= 15 is 0 Å². The minimum absolute atomic E-state index is 0.327. The van der Waals surface area contributed by atoms with E-state index in [1.54, 1.807) is 0 Å². The average molecular weight is 381 g/mol. The molecule has 5 nitrogen and oxygen atoms in total. The fourth-order valence-electron chi connectivity index (χ4n) is 4.89. The van der Waals surface area contributed by atoms with E-state index in [0.29, 0.717) is 17.2 Å². The van der Waals surface area contributed by atoms with Crippen LogP contribution in [0.3, 0.4) is 0 Å². The number of fused-ring (bicyclic) bond motifs is 1. The molecule has 2 aromatic carbocycles. The monoisotopic (exact) mass is 381 g/mol. The third-order valence-electron chi connectivity index (χ3n) is 6.30. The van der Waals surface area contributed by atoms with Crippen LogP contribution in [0.15, 0.2) is 54.9 Å². The molecule has 1 atom stereocenters. The number of hydrogen-bond acceptors (Lipinski definition) is 2. The molecule has 2 aliphatic heterocycles. The van der Waals surface area contributed by atoms with Crippen molar-refractivity contribution in [1.29, 1.82) is 0 Å². The second-order valence-electron chi connectivity index (χ2n) is 7.93. The van der Waals surface area contributed by atoms with Crippen LogP contribution in [0.2, 0.25) is 0 Å². The summed E-state index contributed by atoms with van der Waals surface area (Å²) < 4.78 is 2.26. The van der Waals surface area contributed by atoms with Gasteiger partial charge < -0.3 is 9.55 Å². The summed E-state index contributed by atoms with van der Waals surface area (Å²) >= 11 is 0. The Balaban J connectivity index is 1.70. The van der Waals surface area contributed by atoms with Gasteiger partial charge in [0, 0.05) is 45.9 Å². The van der Waals surface area contributed by atoms with Crippen LogP contribution in [0.4, 0.5) is 0 Å². The van der Waals surface area contributed by atoms with Crippen LogP contribution in [-0.2, 0) is 16.0 Å². The van der Waals surface area contributed by atoms with E-state index in [4.69, 9.17) is 0 Å². The molecule has 2 N–H and O–H groups in total. The molecular weight excluding hydrogens is 362 g/mol. The summed E-state index contributed by atoms with van der Waals surface area (Å²) in [5.41, 5.74) is 5.93. The Morgan fingerprint density at radius 1 is 0.931 bits per heavy atom. The smallest absolute Gasteiger partial charge is 0.259 e. The molecule has 4 heterocycles. The lowest BCUT2D eigenvalue weighted by molar-refractivity contribution is -0.122. The van der Waals surface area contributed by atoms with Crippen molar-refractivity contribution < 1.29 is 9.59 Å². The largest absolute Gasteiger partial charge is 0.361 e. The predicted octanol–water partition coefficient (Wildman–Crippen LogP) is 4.20. The molecule has 2 aromatic heterocycles. The van der Waals surface area contributed by atoms with Gasteiger partial charge >= 0.3 is 0 Å². The van der Waals surface area contributed by atoms with Gasteiger partial charge in [0.2, 0.25) is 0 Å². The molecule has 0 spiro atoms. The number of imide groups is 1. The molecule has 0 saturated heterocycles. The first kappa shape index (κ1) is 16.4. The van der Waals surface area contributed by atoms with Gasteiger partial charge in [-0.05, 0) is 31.4 Å². The van der Waals surface area contributed by atoms with Crippen LogP contribution in [0.1, 0.15) is 36.1 Å². The Kier molecular flexibility index (Phi) is 3.22. The van der Waals surface area contributed by atoms with E-state index in [0.717, 1.165) is 40.3 Å². The lowest BCUT2D eigenvalue weighted by Crippen LogP contribution is -2.22. The van der Waals surface area contributed by atoms with Gasteiger partial charge in [0.05, 0.1) is 16.7 Å². The van der Waals surface area contributed by atoms with Gasteiger partial charge in [0.25, 0.3) is 11.8 Å². The van der Waals surface area contributed by atoms with Gasteiger partial charge in [-0.3, -0.25) is 14.9 Å². The summed E-state index contributed by atoms with van der Waals surface area (Å²) in [6.07, 6.45) is 5.98. The summed E-state index contributed by atoms with van der Waals surface area (Å²) in [4.78, 5) is 29.0. The van der Waals surface area contributed by atoms with E-state index in [1.807, 2.05) is 36.5 Å². The number of carbonyl (C=O) groups excluding carboxylic acids is 2. The second-order valence-corrected chi connectivity index (χ2v) is 7.93. The summed E-state index contributed by atoms with van der Waals surface area (Å²) in [6.45, 7) is 2.20. The molecule has 0 radical (unpaired) electrons. The Morgan fingerprint density at radius 3 is 2.55 bits per heavy atom. The summed E-state index contributed by atoms with van der Waals surface area (Å²) in [5, 5.41) is 4.50. The van der Waals surface area contributed by atoms with Crippen LogP contribution in [0, 0.1) is 0 Å². The van der Waals surface area contributed by atoms with Gasteiger partial charge in [-0.2, -0.15) is 0 Å². The first-order valence-corrected chi connectivity index (χ1v) is 9.92. The highest BCUT2D eigenvalue weighted by Gasteiger charge is 2.35. The van der Waals surface area contributed by atoms with E-state index in [2.05, 4.69) is 40.1 Å². The van der Waals surface area contributed by atoms with Crippen molar-refractivity contribution in [2.24, 2.45) is 0 Å². The summed E-state index contributed by atoms with van der Waals surface area (Å²) in [7, 11) is 0. The van der Waals surface area contributed by atoms with Gasteiger partial charge in [-0.25, -0.2) is 0 Å². The molecule has 4 aromatic rings. The topological polar surface area (TPSA) is 66.9 Å². The predicted molar refractivity (Wildman–Crippen MR) is 113 cm³/mol. The molecule has 2 amide bonds. The van der Waals surface area contributed by atoms with Crippen LogP contribution in [0.5, 0.6) is 0 Å². The molecule has 29 heavy (non-hydrogen) atoms. The zero-order valence-electron chi connectivity index (χ0n) is 16.0. The lowest BCUT2D eigenvalue weighted by Gasteiger charge is -2.22. The molecular formula is C24H19N3O2. The maximum atomic E-state index is 12.9. The van der Waals surface area contributed by atoms with Crippen LogP contribution in [0.25, 0.3) is 33.0 Å². The van der Waals surface area contributed by atoms with E-state index in [1.165, 1.54) is 11.1 Å². The zero-order valence-corrected chi connectivity index (χ0v) is 16.0. The van der Waals surface area contributed by atoms with Crippen molar-refractivity contribution in [1.82, 2.24) is 14.9 Å². The average Bonchev–Trinajstić information content (AvgIpc) is 3.39. The first-order chi connectivity index (χ1) is 14.1. The number of hydrogen-bond donors (Lipinski definition) is 2. The van der Waals surface area contributed by atoms with Gasteiger partial charge in [-0.1, -0.05) is 36.4 Å². The number of aryl methyl sites for hydroxylation is 1. The summed E-state index contributed by atoms with van der Waals surface area (Å²) in [6, 6.07) is 14.4. The first-order valence-electron chi connectivity index (χ1n) is 9.92. The number of amides is 2. The number of nitrogens with zero attached hydrogens (tertiary/aromatic N) is 1. The number of H-pyrrole nitrogens is 1. The van der Waals surface area contributed by atoms with Crippen molar-refractivity contribution >= 4 is 44.8 Å². The molecule has 0 bridgehead atoms. The van der Waals surface area contributed by atoms with Crippen molar-refractivity contribution in [3.8, 4) is 0 Å². The highest BCUT2D eigenvalue weighted by Crippen LogP contribution is 2.41. The normalized spacial score (nSPS) is 18.9. The molecule has 0 saturated carbocycles. The molecule has 1 unspecified atom stereocenters. The zero-order chi connectivity index (χ0) is 19.7. The summed E-state index contributed by atoms with van der Waals surface area (Å²) in [5.74, 6) is -0.665. The van der Waals surface area contributed by atoms with Crippen LogP contribution in [-0.4, -0.2) is 21.4 Å². The maximum Gasteiger partial charge on any atom is 0.259 e. The number of nitrogens with one attached hydrogen (secondary N) is 2. The minimum Gasteiger partial charge on any atom is -0.361 e. The fourth-order valence-corrected chi connectivity index (χ4v) is 4.89. The molecule has 5 heteroatoms. The van der Waals surface area contributed by atoms with Gasteiger partial charge in [0.15, 0.2) is 0 Å². The number of benzene rings is 2. The van der Waals surface area contributed by atoms with E-state index in [9.17, 15) is 9.59 Å². The molecule has 142 valence electrons. The number of para-hydroxylation sites is 2. The van der Waals surface area contributed by atoms with E-state index in [-0.39, 0.29) is 11.8 Å². The molecule has 0 fully saturated rings. The van der Waals surface area contributed by atoms with Crippen LogP contribution >= 0.6 is 0 Å². The van der Waals surface area contributed by atoms with E-state index < -0.39 is 0 Å². The van der Waals surface area contributed by atoms with Crippen LogP contribution < -0.4 is 5.32 Å². The molecule has 6 rings (SSSR count).